The Morgan fingerprint density at radius 3 is 2.35 bits per heavy atom. The zero-order valence-electron chi connectivity index (χ0n) is 23.2. The normalized spacial score (nSPS) is 13.6. The van der Waals surface area contributed by atoms with Crippen molar-refractivity contribution < 1.29 is 18.7 Å². The minimum atomic E-state index is -0.594. The molecule has 1 aliphatic rings. The van der Waals surface area contributed by atoms with Crippen molar-refractivity contribution in [1.29, 1.82) is 0 Å². The van der Waals surface area contributed by atoms with Crippen LogP contribution in [0.25, 0.3) is 22.0 Å². The van der Waals surface area contributed by atoms with Crippen LogP contribution in [-0.4, -0.2) is 33.1 Å². The molecule has 1 aliphatic carbocycles. The molecule has 3 aromatic carbocycles. The highest BCUT2D eigenvalue weighted by atomic mass is 19.1. The number of benzene rings is 3. The highest BCUT2D eigenvalue weighted by molar-refractivity contribution is 5.96. The lowest BCUT2D eigenvalue weighted by atomic mass is 9.88. The SMILES string of the molecule is [C-]#[N+]c1cc(CN(C(=O)C2CCCCC2)c2ccc(F)c(/C=C/C(=O)OC)c2)ccc1-c1ccc(N(C)C)cc1. The summed E-state index contributed by atoms with van der Waals surface area (Å²) in [6.45, 7) is 8.07. The van der Waals surface area contributed by atoms with Gasteiger partial charge in [0.05, 0.1) is 13.7 Å². The third-order valence-corrected chi connectivity index (χ3v) is 7.33. The smallest absolute Gasteiger partial charge is 0.330 e. The summed E-state index contributed by atoms with van der Waals surface area (Å²) < 4.78 is 19.2. The van der Waals surface area contributed by atoms with Gasteiger partial charge in [-0.2, -0.15) is 0 Å². The number of carbonyl (C=O) groups is 2. The van der Waals surface area contributed by atoms with E-state index in [1.807, 2.05) is 61.5 Å². The van der Waals surface area contributed by atoms with Crippen molar-refractivity contribution in [2.45, 2.75) is 38.6 Å². The monoisotopic (exact) mass is 539 g/mol. The molecular weight excluding hydrogens is 505 g/mol. The van der Waals surface area contributed by atoms with Crippen LogP contribution in [0.4, 0.5) is 21.5 Å². The maximum absolute atomic E-state index is 14.6. The second kappa shape index (κ2) is 13.1. The number of hydrogen-bond donors (Lipinski definition) is 0. The number of halogens is 1. The molecule has 206 valence electrons. The van der Waals surface area contributed by atoms with E-state index < -0.39 is 11.8 Å². The average molecular weight is 540 g/mol. The standard InChI is InChI=1S/C33H34FN3O3/c1-35-31-20-23(10-17-29(31)24-11-14-27(15-12-24)36(2)3)22-37(33(39)25-8-6-5-7-9-25)28-16-18-30(34)26(21-28)13-19-32(38)40-4/h10-21,25H,5-9,22H2,2-4H3/b19-13+. The van der Waals surface area contributed by atoms with Crippen molar-refractivity contribution in [3.05, 3.63) is 95.1 Å². The molecule has 0 spiro atoms. The Hall–Kier alpha value is -4.44. The molecule has 0 atom stereocenters. The highest BCUT2D eigenvalue weighted by Gasteiger charge is 2.27. The molecule has 4 rings (SSSR count). The average Bonchev–Trinajstić information content (AvgIpc) is 2.99. The lowest BCUT2D eigenvalue weighted by Gasteiger charge is -2.30. The second-order valence-electron chi connectivity index (χ2n) is 10.2. The van der Waals surface area contributed by atoms with Crippen LogP contribution >= 0.6 is 0 Å². The van der Waals surface area contributed by atoms with Gasteiger partial charge in [-0.15, -0.1) is 0 Å². The van der Waals surface area contributed by atoms with Gasteiger partial charge in [-0.3, -0.25) is 4.79 Å². The van der Waals surface area contributed by atoms with E-state index in [1.54, 1.807) is 17.0 Å². The summed E-state index contributed by atoms with van der Waals surface area (Å²) in [4.78, 5) is 32.9. The third kappa shape index (κ3) is 6.76. The number of methoxy groups -OCH3 is 1. The summed E-state index contributed by atoms with van der Waals surface area (Å²) >= 11 is 0. The fourth-order valence-corrected chi connectivity index (χ4v) is 5.05. The van der Waals surface area contributed by atoms with Crippen LogP contribution in [0.2, 0.25) is 0 Å². The Morgan fingerprint density at radius 2 is 1.70 bits per heavy atom. The third-order valence-electron chi connectivity index (χ3n) is 7.33. The van der Waals surface area contributed by atoms with E-state index in [1.165, 1.54) is 19.3 Å². The summed E-state index contributed by atoms with van der Waals surface area (Å²) in [6.07, 6.45) is 7.27. The van der Waals surface area contributed by atoms with Gasteiger partial charge < -0.3 is 14.5 Å². The largest absolute Gasteiger partial charge is 0.466 e. The number of rotatable bonds is 8. The van der Waals surface area contributed by atoms with Gasteiger partial charge in [0.25, 0.3) is 0 Å². The number of amides is 1. The van der Waals surface area contributed by atoms with Crippen LogP contribution < -0.4 is 9.80 Å². The van der Waals surface area contributed by atoms with Crippen molar-refractivity contribution in [1.82, 2.24) is 0 Å². The van der Waals surface area contributed by atoms with E-state index in [2.05, 4.69) is 9.58 Å². The second-order valence-corrected chi connectivity index (χ2v) is 10.2. The van der Waals surface area contributed by atoms with Crippen molar-refractivity contribution >= 4 is 35.0 Å². The first kappa shape index (κ1) is 28.6. The fourth-order valence-electron chi connectivity index (χ4n) is 5.05. The van der Waals surface area contributed by atoms with Gasteiger partial charge in [0.1, 0.15) is 5.82 Å². The van der Waals surface area contributed by atoms with Gasteiger partial charge in [0, 0.05) is 49.6 Å². The first-order valence-corrected chi connectivity index (χ1v) is 13.5. The number of hydrogen-bond acceptors (Lipinski definition) is 4. The van der Waals surface area contributed by atoms with Crippen molar-refractivity contribution in [3.63, 3.8) is 0 Å². The number of ether oxygens (including phenoxy) is 1. The molecular formula is C33H34FN3O3. The lowest BCUT2D eigenvalue weighted by Crippen LogP contribution is -2.36. The molecule has 0 aromatic heterocycles. The molecule has 0 heterocycles. The van der Waals surface area contributed by atoms with E-state index in [4.69, 9.17) is 6.57 Å². The summed E-state index contributed by atoms with van der Waals surface area (Å²) in [5.74, 6) is -1.22. The minimum Gasteiger partial charge on any atom is -0.466 e. The van der Waals surface area contributed by atoms with Crippen LogP contribution in [-0.2, 0) is 20.9 Å². The molecule has 0 N–H and O–H groups in total. The molecule has 1 fully saturated rings. The molecule has 0 saturated heterocycles. The Labute approximate surface area is 235 Å². The predicted octanol–water partition coefficient (Wildman–Crippen LogP) is 7.41. The molecule has 0 aliphatic heterocycles. The molecule has 7 heteroatoms. The molecule has 0 bridgehead atoms. The zero-order chi connectivity index (χ0) is 28.6. The molecule has 1 amide bonds. The Balaban J connectivity index is 1.69. The first-order valence-electron chi connectivity index (χ1n) is 13.5. The van der Waals surface area contributed by atoms with E-state index in [0.29, 0.717) is 11.4 Å². The van der Waals surface area contributed by atoms with E-state index >= 15 is 0 Å². The van der Waals surface area contributed by atoms with Gasteiger partial charge in [0.2, 0.25) is 5.91 Å². The van der Waals surface area contributed by atoms with Crippen LogP contribution in [0.5, 0.6) is 0 Å². The molecule has 0 unspecified atom stereocenters. The molecule has 40 heavy (non-hydrogen) atoms. The molecule has 3 aromatic rings. The van der Waals surface area contributed by atoms with Crippen LogP contribution in [0.1, 0.15) is 43.2 Å². The van der Waals surface area contributed by atoms with Crippen molar-refractivity contribution in [2.24, 2.45) is 5.92 Å². The predicted molar refractivity (Wildman–Crippen MR) is 158 cm³/mol. The number of esters is 1. The summed E-state index contributed by atoms with van der Waals surface area (Å²) in [5.41, 5.74) is 4.87. The van der Waals surface area contributed by atoms with Gasteiger partial charge in [-0.25, -0.2) is 14.0 Å². The topological polar surface area (TPSA) is 54.2 Å². The maximum Gasteiger partial charge on any atom is 0.330 e. The van der Waals surface area contributed by atoms with Crippen LogP contribution in [0.3, 0.4) is 0 Å². The fraction of sp³-hybridized carbons (Fsp3) is 0.303. The van der Waals surface area contributed by atoms with E-state index in [-0.39, 0.29) is 23.9 Å². The zero-order valence-corrected chi connectivity index (χ0v) is 23.2. The Morgan fingerprint density at radius 1 is 1.00 bits per heavy atom. The number of carbonyl (C=O) groups excluding carboxylic acids is 2. The Bertz CT molecular complexity index is 1430. The van der Waals surface area contributed by atoms with E-state index in [0.717, 1.165) is 60.6 Å². The molecule has 0 radical (unpaired) electrons. The quantitative estimate of drug-likeness (QED) is 0.170. The number of nitrogens with zero attached hydrogens (tertiary/aromatic N) is 3. The van der Waals surface area contributed by atoms with Crippen LogP contribution in [0.15, 0.2) is 66.7 Å². The highest BCUT2D eigenvalue weighted by Crippen LogP contribution is 2.34. The van der Waals surface area contributed by atoms with Gasteiger partial charge >= 0.3 is 5.97 Å². The van der Waals surface area contributed by atoms with Crippen molar-refractivity contribution in [2.75, 3.05) is 31.0 Å². The van der Waals surface area contributed by atoms with Gasteiger partial charge in [-0.05, 0) is 65.9 Å². The molecule has 6 nitrogen and oxygen atoms in total. The van der Waals surface area contributed by atoms with E-state index in [9.17, 15) is 14.0 Å². The van der Waals surface area contributed by atoms with Crippen molar-refractivity contribution in [3.8, 4) is 11.1 Å². The Kier molecular flexibility index (Phi) is 9.34. The maximum atomic E-state index is 14.6. The minimum absolute atomic E-state index is 0.0121. The molecule has 1 saturated carbocycles. The van der Waals surface area contributed by atoms with Gasteiger partial charge in [-0.1, -0.05) is 49.6 Å². The van der Waals surface area contributed by atoms with Crippen LogP contribution in [0, 0.1) is 18.3 Å². The van der Waals surface area contributed by atoms with Gasteiger partial charge in [0.15, 0.2) is 5.69 Å². The summed E-state index contributed by atoms with van der Waals surface area (Å²) in [7, 11) is 5.22. The lowest BCUT2D eigenvalue weighted by molar-refractivity contribution is -0.134. The first-order chi connectivity index (χ1) is 19.3. The summed E-state index contributed by atoms with van der Waals surface area (Å²) in [5, 5.41) is 0. The number of anilines is 2. The summed E-state index contributed by atoms with van der Waals surface area (Å²) in [6, 6.07) is 18.2.